The summed E-state index contributed by atoms with van der Waals surface area (Å²) in [5.41, 5.74) is 4.30. The molecule has 0 aliphatic heterocycles. The number of rotatable bonds is 4. The number of sulfonamides is 1. The molecule has 0 radical (unpaired) electrons. The minimum atomic E-state index is -4.35. The minimum absolute atomic E-state index is 0.291. The van der Waals surface area contributed by atoms with Crippen LogP contribution in [0.4, 0.5) is 8.78 Å². The van der Waals surface area contributed by atoms with E-state index in [9.17, 15) is 17.2 Å². The Bertz CT molecular complexity index is 670. The molecule has 1 fully saturated rings. The number of oxime groups is 1. The first-order valence-corrected chi connectivity index (χ1v) is 7.76. The molecule has 1 aromatic rings. The van der Waals surface area contributed by atoms with Crippen LogP contribution in [0.3, 0.4) is 0 Å². The Balaban J connectivity index is 2.42. The van der Waals surface area contributed by atoms with E-state index in [2.05, 4.69) is 9.88 Å². The molecule has 0 unspecified atom stereocenters. The fourth-order valence-electron chi connectivity index (χ4n) is 2.48. The third-order valence-electron chi connectivity index (χ3n) is 3.57. The van der Waals surface area contributed by atoms with E-state index < -0.39 is 32.1 Å². The van der Waals surface area contributed by atoms with Crippen LogP contribution in [0, 0.1) is 11.6 Å². The summed E-state index contributed by atoms with van der Waals surface area (Å²) < 4.78 is 53.6. The molecule has 1 aromatic carbocycles. The van der Waals surface area contributed by atoms with Gasteiger partial charge in [-0.1, -0.05) is 18.0 Å². The van der Waals surface area contributed by atoms with Crippen LogP contribution in [0.15, 0.2) is 28.3 Å². The van der Waals surface area contributed by atoms with Crippen molar-refractivity contribution in [3.05, 3.63) is 29.8 Å². The zero-order chi connectivity index (χ0) is 15.7. The van der Waals surface area contributed by atoms with Gasteiger partial charge >= 0.3 is 0 Å². The van der Waals surface area contributed by atoms with Gasteiger partial charge in [0.15, 0.2) is 5.84 Å². The van der Waals surface area contributed by atoms with E-state index in [1.165, 1.54) is 0 Å². The molecule has 21 heavy (non-hydrogen) atoms. The highest BCUT2D eigenvalue weighted by atomic mass is 32.2. The lowest BCUT2D eigenvalue weighted by Crippen LogP contribution is -2.55. The summed E-state index contributed by atoms with van der Waals surface area (Å²) in [6, 6.07) is 2.14. The fraction of sp³-hybridized carbons (Fsp3) is 0.417. The highest BCUT2D eigenvalue weighted by Gasteiger charge is 2.42. The predicted molar refractivity (Wildman–Crippen MR) is 71.3 cm³/mol. The van der Waals surface area contributed by atoms with Crippen molar-refractivity contribution in [3.8, 4) is 0 Å². The fourth-order valence-corrected chi connectivity index (χ4v) is 4.01. The Morgan fingerprint density at radius 1 is 1.33 bits per heavy atom. The van der Waals surface area contributed by atoms with Gasteiger partial charge in [0.25, 0.3) is 0 Å². The molecule has 0 spiro atoms. The van der Waals surface area contributed by atoms with Crippen LogP contribution in [0.2, 0.25) is 0 Å². The zero-order valence-electron chi connectivity index (χ0n) is 11.0. The van der Waals surface area contributed by atoms with Crippen LogP contribution in [-0.2, 0) is 10.0 Å². The standard InChI is InChI=1S/C12H15F2N3O3S/c13-8-3-4-9(14)10(7-8)21(19,20)17-12(11(15)16-18)5-1-2-6-12/h3-4,7,17-18H,1-2,5-6H2,(H2,15,16). The average Bonchev–Trinajstić information content (AvgIpc) is 2.89. The molecule has 0 heterocycles. The van der Waals surface area contributed by atoms with Gasteiger partial charge in [-0.2, -0.15) is 4.72 Å². The summed E-state index contributed by atoms with van der Waals surface area (Å²) in [6.07, 6.45) is 1.98. The summed E-state index contributed by atoms with van der Waals surface area (Å²) in [4.78, 5) is -0.806. The maximum atomic E-state index is 13.7. The van der Waals surface area contributed by atoms with Crippen molar-refractivity contribution in [1.29, 1.82) is 0 Å². The molecule has 116 valence electrons. The van der Waals surface area contributed by atoms with E-state index in [1.807, 2.05) is 0 Å². The molecule has 0 bridgehead atoms. The Morgan fingerprint density at radius 3 is 2.52 bits per heavy atom. The molecule has 9 heteroatoms. The zero-order valence-corrected chi connectivity index (χ0v) is 11.8. The molecule has 1 saturated carbocycles. The van der Waals surface area contributed by atoms with Gasteiger partial charge in [0, 0.05) is 0 Å². The third-order valence-corrected chi connectivity index (χ3v) is 5.12. The quantitative estimate of drug-likeness (QED) is 0.337. The van der Waals surface area contributed by atoms with Crippen molar-refractivity contribution in [3.63, 3.8) is 0 Å². The maximum absolute atomic E-state index is 13.7. The number of nitrogens with one attached hydrogen (secondary N) is 1. The molecule has 0 saturated heterocycles. The van der Waals surface area contributed by atoms with E-state index in [1.54, 1.807) is 0 Å². The van der Waals surface area contributed by atoms with Crippen molar-refractivity contribution in [2.45, 2.75) is 36.1 Å². The van der Waals surface area contributed by atoms with Crippen molar-refractivity contribution in [2.24, 2.45) is 10.9 Å². The number of hydrogen-bond donors (Lipinski definition) is 3. The Morgan fingerprint density at radius 2 is 1.95 bits per heavy atom. The average molecular weight is 319 g/mol. The number of nitrogens with two attached hydrogens (primary N) is 1. The van der Waals surface area contributed by atoms with Crippen LogP contribution >= 0.6 is 0 Å². The molecular weight excluding hydrogens is 304 g/mol. The first kappa shape index (κ1) is 15.6. The van der Waals surface area contributed by atoms with E-state index in [0.717, 1.165) is 12.1 Å². The molecule has 1 aliphatic carbocycles. The molecule has 2 rings (SSSR count). The molecule has 0 atom stereocenters. The highest BCUT2D eigenvalue weighted by Crippen LogP contribution is 2.32. The highest BCUT2D eigenvalue weighted by molar-refractivity contribution is 7.89. The third kappa shape index (κ3) is 2.98. The van der Waals surface area contributed by atoms with Gasteiger partial charge in [-0.25, -0.2) is 17.2 Å². The summed E-state index contributed by atoms with van der Waals surface area (Å²) in [7, 11) is -4.35. The summed E-state index contributed by atoms with van der Waals surface area (Å²) in [5, 5.41) is 11.7. The largest absolute Gasteiger partial charge is 0.409 e. The lowest BCUT2D eigenvalue weighted by Gasteiger charge is -2.28. The van der Waals surface area contributed by atoms with E-state index in [4.69, 9.17) is 10.9 Å². The van der Waals surface area contributed by atoms with Gasteiger partial charge in [0.05, 0.1) is 5.54 Å². The maximum Gasteiger partial charge on any atom is 0.244 e. The first-order chi connectivity index (χ1) is 9.81. The van der Waals surface area contributed by atoms with E-state index >= 15 is 0 Å². The minimum Gasteiger partial charge on any atom is -0.409 e. The Hall–Kier alpha value is -1.74. The first-order valence-electron chi connectivity index (χ1n) is 6.28. The topological polar surface area (TPSA) is 105 Å². The van der Waals surface area contributed by atoms with Gasteiger partial charge in [-0.3, -0.25) is 0 Å². The van der Waals surface area contributed by atoms with Crippen LogP contribution in [0.25, 0.3) is 0 Å². The van der Waals surface area contributed by atoms with E-state index in [-0.39, 0.29) is 5.84 Å². The van der Waals surface area contributed by atoms with Gasteiger partial charge in [0.2, 0.25) is 10.0 Å². The number of halogens is 2. The molecule has 0 aromatic heterocycles. The van der Waals surface area contributed by atoms with Crippen molar-refractivity contribution >= 4 is 15.9 Å². The Kier molecular flexibility index (Phi) is 4.15. The number of amidine groups is 1. The number of nitrogens with zero attached hydrogens (tertiary/aromatic N) is 1. The van der Waals surface area contributed by atoms with Crippen LogP contribution < -0.4 is 10.5 Å². The second-order valence-electron chi connectivity index (χ2n) is 4.95. The molecule has 1 aliphatic rings. The number of benzene rings is 1. The van der Waals surface area contributed by atoms with Gasteiger partial charge in [-0.05, 0) is 31.0 Å². The smallest absolute Gasteiger partial charge is 0.244 e. The van der Waals surface area contributed by atoms with Crippen LogP contribution in [-0.4, -0.2) is 25.0 Å². The Labute approximate surface area is 120 Å². The van der Waals surface area contributed by atoms with Crippen molar-refractivity contribution in [1.82, 2.24) is 4.72 Å². The molecule has 4 N–H and O–H groups in total. The SMILES string of the molecule is N/C(=N/O)C1(NS(=O)(=O)c2cc(F)ccc2F)CCCC1. The molecular formula is C12H15F2N3O3S. The summed E-state index contributed by atoms with van der Waals surface area (Å²) in [5.74, 6) is -2.24. The predicted octanol–water partition coefficient (Wildman–Crippen LogP) is 1.30. The molecule has 6 nitrogen and oxygen atoms in total. The van der Waals surface area contributed by atoms with Gasteiger partial charge in [-0.15, -0.1) is 0 Å². The molecule has 0 amide bonds. The van der Waals surface area contributed by atoms with Crippen molar-refractivity contribution < 1.29 is 22.4 Å². The second-order valence-corrected chi connectivity index (χ2v) is 6.61. The number of hydrogen-bond acceptors (Lipinski definition) is 4. The van der Waals surface area contributed by atoms with Crippen LogP contribution in [0.5, 0.6) is 0 Å². The second kappa shape index (κ2) is 5.57. The monoisotopic (exact) mass is 319 g/mol. The van der Waals surface area contributed by atoms with E-state index in [0.29, 0.717) is 31.7 Å². The lowest BCUT2D eigenvalue weighted by atomic mass is 9.98. The van der Waals surface area contributed by atoms with Gasteiger partial charge in [0.1, 0.15) is 16.5 Å². The summed E-state index contributed by atoms with van der Waals surface area (Å²) >= 11 is 0. The summed E-state index contributed by atoms with van der Waals surface area (Å²) in [6.45, 7) is 0. The normalized spacial score (nSPS) is 18.9. The lowest BCUT2D eigenvalue weighted by molar-refractivity contribution is 0.309. The van der Waals surface area contributed by atoms with Crippen molar-refractivity contribution in [2.75, 3.05) is 0 Å². The van der Waals surface area contributed by atoms with Crippen LogP contribution in [0.1, 0.15) is 25.7 Å². The van der Waals surface area contributed by atoms with Gasteiger partial charge < -0.3 is 10.9 Å².